The first-order valence-electron chi connectivity index (χ1n) is 29.4. The van der Waals surface area contributed by atoms with Crippen molar-refractivity contribution < 1.29 is 37.6 Å². The molecule has 10 heteroatoms. The Bertz CT molecular complexity index is 1560. The number of unbranched alkanes of at least 4 members (excludes halogenated alkanes) is 23. The molecular formula is C63H108NO8P. The lowest BCUT2D eigenvalue weighted by Gasteiger charge is -2.19. The van der Waals surface area contributed by atoms with Crippen LogP contribution in [0.3, 0.4) is 0 Å². The van der Waals surface area contributed by atoms with Crippen LogP contribution in [0.5, 0.6) is 0 Å². The molecule has 0 heterocycles. The first-order valence-corrected chi connectivity index (χ1v) is 30.9. The van der Waals surface area contributed by atoms with Gasteiger partial charge in [-0.15, -0.1) is 0 Å². The summed E-state index contributed by atoms with van der Waals surface area (Å²) in [5.74, 6) is -0.840. The molecule has 0 aromatic rings. The van der Waals surface area contributed by atoms with Gasteiger partial charge in [-0.3, -0.25) is 18.6 Å². The van der Waals surface area contributed by atoms with Crippen LogP contribution < -0.4 is 5.73 Å². The Morgan fingerprint density at radius 2 is 0.753 bits per heavy atom. The first-order chi connectivity index (χ1) is 35.8. The Morgan fingerprint density at radius 3 is 1.14 bits per heavy atom. The lowest BCUT2D eigenvalue weighted by molar-refractivity contribution is -0.161. The lowest BCUT2D eigenvalue weighted by atomic mass is 10.0. The second kappa shape index (κ2) is 57.9. The normalized spacial score (nSPS) is 13.9. The van der Waals surface area contributed by atoms with Gasteiger partial charge in [-0.1, -0.05) is 239 Å². The van der Waals surface area contributed by atoms with Crippen molar-refractivity contribution >= 4 is 19.8 Å². The van der Waals surface area contributed by atoms with E-state index in [9.17, 15) is 19.0 Å². The van der Waals surface area contributed by atoms with Crippen molar-refractivity contribution in [3.05, 3.63) is 109 Å². The third-order valence-electron chi connectivity index (χ3n) is 12.1. The molecule has 0 saturated heterocycles. The number of phosphoric acid groups is 1. The Morgan fingerprint density at radius 1 is 0.425 bits per heavy atom. The zero-order valence-corrected chi connectivity index (χ0v) is 47.5. The molecule has 0 aliphatic heterocycles. The number of carbonyl (C=O) groups is 2. The number of rotatable bonds is 54. The Kier molecular flexibility index (Phi) is 55.3. The van der Waals surface area contributed by atoms with Gasteiger partial charge in [0.15, 0.2) is 6.10 Å². The topological polar surface area (TPSA) is 134 Å². The van der Waals surface area contributed by atoms with Gasteiger partial charge in [-0.2, -0.15) is 0 Å². The molecule has 73 heavy (non-hydrogen) atoms. The van der Waals surface area contributed by atoms with Crippen molar-refractivity contribution in [2.24, 2.45) is 5.73 Å². The fraction of sp³-hybridized carbons (Fsp3) is 0.683. The molecule has 2 unspecified atom stereocenters. The maximum Gasteiger partial charge on any atom is 0.472 e. The van der Waals surface area contributed by atoms with Crippen LogP contribution in [-0.2, 0) is 32.7 Å². The van der Waals surface area contributed by atoms with Crippen LogP contribution in [-0.4, -0.2) is 49.3 Å². The highest BCUT2D eigenvalue weighted by Crippen LogP contribution is 2.43. The van der Waals surface area contributed by atoms with Gasteiger partial charge in [0.2, 0.25) is 0 Å². The fourth-order valence-electron chi connectivity index (χ4n) is 7.82. The summed E-state index contributed by atoms with van der Waals surface area (Å²) in [6.45, 7) is 3.62. The highest BCUT2D eigenvalue weighted by molar-refractivity contribution is 7.47. The van der Waals surface area contributed by atoms with Gasteiger partial charge < -0.3 is 20.1 Å². The van der Waals surface area contributed by atoms with Crippen molar-refractivity contribution in [3.63, 3.8) is 0 Å². The molecule has 0 aliphatic rings. The van der Waals surface area contributed by atoms with Gasteiger partial charge in [-0.05, 0) is 103 Å². The monoisotopic (exact) mass is 1040 g/mol. The average Bonchev–Trinajstić information content (AvgIpc) is 3.38. The summed E-state index contributed by atoms with van der Waals surface area (Å²) < 4.78 is 33.0. The third kappa shape index (κ3) is 57.8. The minimum atomic E-state index is -4.39. The van der Waals surface area contributed by atoms with Crippen LogP contribution in [0.2, 0.25) is 0 Å². The molecule has 0 fully saturated rings. The van der Waals surface area contributed by atoms with Crippen molar-refractivity contribution in [1.82, 2.24) is 0 Å². The molecule has 0 spiro atoms. The third-order valence-corrected chi connectivity index (χ3v) is 13.1. The van der Waals surface area contributed by atoms with Crippen LogP contribution in [0, 0.1) is 0 Å². The fourth-order valence-corrected chi connectivity index (χ4v) is 8.59. The van der Waals surface area contributed by atoms with Crippen molar-refractivity contribution in [3.8, 4) is 0 Å². The summed E-state index contributed by atoms with van der Waals surface area (Å²) in [5, 5.41) is 0. The predicted molar refractivity (Wildman–Crippen MR) is 311 cm³/mol. The summed E-state index contributed by atoms with van der Waals surface area (Å²) in [5.41, 5.74) is 5.38. The SMILES string of the molecule is CC/C=C\C/C=C\C/C=C\C/C=C\C/C=C\C/C=C\C/C=C\C/C=C\CCCCCCCCCCCCC(=O)OC(COC(=O)CCCCCCCCC/C=C\CCCCCCCC)COP(=O)(O)OCCN. The van der Waals surface area contributed by atoms with E-state index < -0.39 is 26.5 Å². The first kappa shape index (κ1) is 69.7. The smallest absolute Gasteiger partial charge is 0.462 e. The van der Waals surface area contributed by atoms with E-state index in [1.807, 2.05) is 0 Å². The van der Waals surface area contributed by atoms with E-state index in [2.05, 4.69) is 123 Å². The average molecular weight is 1040 g/mol. The number of carbonyl (C=O) groups excluding carboxylic acids is 2. The molecule has 3 N–H and O–H groups in total. The van der Waals surface area contributed by atoms with Crippen LogP contribution in [0.15, 0.2) is 109 Å². The number of nitrogens with two attached hydrogens (primary N) is 1. The number of allylic oxidation sites excluding steroid dienone is 18. The van der Waals surface area contributed by atoms with E-state index >= 15 is 0 Å². The minimum absolute atomic E-state index is 0.0478. The molecule has 0 radical (unpaired) electrons. The van der Waals surface area contributed by atoms with Crippen LogP contribution in [0.1, 0.15) is 245 Å². The van der Waals surface area contributed by atoms with Crippen LogP contribution >= 0.6 is 7.82 Å². The quantitative estimate of drug-likeness (QED) is 0.0264. The number of ether oxygens (including phenoxy) is 2. The molecule has 0 bridgehead atoms. The second-order valence-corrected chi connectivity index (χ2v) is 20.6. The van der Waals surface area contributed by atoms with E-state index in [4.69, 9.17) is 24.3 Å². The Balaban J connectivity index is 3.99. The summed E-state index contributed by atoms with van der Waals surface area (Å²) in [6, 6.07) is 0. The van der Waals surface area contributed by atoms with E-state index in [1.54, 1.807) is 0 Å². The molecule has 0 aromatic carbocycles. The molecule has 2 atom stereocenters. The number of hydrogen-bond donors (Lipinski definition) is 2. The molecule has 418 valence electrons. The summed E-state index contributed by atoms with van der Waals surface area (Å²) in [6.07, 6.45) is 78.5. The Hall–Kier alpha value is -3.33. The van der Waals surface area contributed by atoms with Gasteiger partial charge in [0, 0.05) is 19.4 Å². The van der Waals surface area contributed by atoms with Gasteiger partial charge in [0.1, 0.15) is 6.61 Å². The van der Waals surface area contributed by atoms with Gasteiger partial charge >= 0.3 is 19.8 Å². The molecule has 0 saturated carbocycles. The van der Waals surface area contributed by atoms with Gasteiger partial charge in [-0.25, -0.2) is 4.57 Å². The Labute approximate surface area is 448 Å². The van der Waals surface area contributed by atoms with Crippen molar-refractivity contribution in [2.45, 2.75) is 251 Å². The molecular weight excluding hydrogens is 930 g/mol. The number of hydrogen-bond acceptors (Lipinski definition) is 8. The van der Waals surface area contributed by atoms with Crippen LogP contribution in [0.25, 0.3) is 0 Å². The van der Waals surface area contributed by atoms with Crippen molar-refractivity contribution in [2.75, 3.05) is 26.4 Å². The van der Waals surface area contributed by atoms with Crippen LogP contribution in [0.4, 0.5) is 0 Å². The lowest BCUT2D eigenvalue weighted by Crippen LogP contribution is -2.29. The van der Waals surface area contributed by atoms with E-state index in [1.165, 1.54) is 103 Å². The molecule has 0 rings (SSSR count). The highest BCUT2D eigenvalue weighted by atomic mass is 31.2. The van der Waals surface area contributed by atoms with Crippen molar-refractivity contribution in [1.29, 1.82) is 0 Å². The maximum atomic E-state index is 12.7. The second-order valence-electron chi connectivity index (χ2n) is 19.1. The number of phosphoric ester groups is 1. The molecule has 9 nitrogen and oxygen atoms in total. The predicted octanol–water partition coefficient (Wildman–Crippen LogP) is 18.6. The summed E-state index contributed by atoms with van der Waals surface area (Å²) in [7, 11) is -4.39. The zero-order valence-electron chi connectivity index (χ0n) is 46.6. The minimum Gasteiger partial charge on any atom is -0.462 e. The van der Waals surface area contributed by atoms with Gasteiger partial charge in [0.25, 0.3) is 0 Å². The highest BCUT2D eigenvalue weighted by Gasteiger charge is 2.26. The van der Waals surface area contributed by atoms with E-state index in [0.29, 0.717) is 6.42 Å². The largest absolute Gasteiger partial charge is 0.472 e. The summed E-state index contributed by atoms with van der Waals surface area (Å²) >= 11 is 0. The van der Waals surface area contributed by atoms with Gasteiger partial charge in [0.05, 0.1) is 13.2 Å². The maximum absolute atomic E-state index is 12.7. The molecule has 0 amide bonds. The molecule has 0 aliphatic carbocycles. The summed E-state index contributed by atoms with van der Waals surface area (Å²) in [4.78, 5) is 35.2. The van der Waals surface area contributed by atoms with E-state index in [-0.39, 0.29) is 38.6 Å². The molecule has 0 aromatic heterocycles. The number of esters is 2. The zero-order chi connectivity index (χ0) is 53.1. The standard InChI is InChI=1S/C63H108NO8P/c1-3-5-7-9-11-13-15-17-19-21-22-23-24-25-26-27-28-29-30-31-32-33-34-35-36-37-38-40-42-44-46-48-50-52-54-56-63(66)72-61(60-71-73(67,68)70-58-57-64)59-69-62(65)55-53-51-49-47-45-43-41-39-20-18-16-14-12-10-8-6-4-2/h5,7,11,13,17-20,22-23,25-26,28-29,31-32,34-35,61H,3-4,6,8-10,12,14-16,21,24,27,30,33,36-60,64H2,1-2H3,(H,67,68)/b7-5-,13-11-,19-17-,20-18-,23-22-,26-25-,29-28-,32-31-,35-34-. The van der Waals surface area contributed by atoms with E-state index in [0.717, 1.165) is 109 Å².